The molecule has 3 heterocycles. The van der Waals surface area contributed by atoms with Gasteiger partial charge in [-0.2, -0.15) is 10.5 Å². The van der Waals surface area contributed by atoms with Crippen LogP contribution in [0.2, 0.25) is 0 Å². The van der Waals surface area contributed by atoms with Gasteiger partial charge in [-0.25, -0.2) is 0 Å². The Morgan fingerprint density at radius 3 is 2.38 bits per heavy atom. The highest BCUT2D eigenvalue weighted by Crippen LogP contribution is 2.42. The standard InChI is InChI=1S/C16H8N2S3/c17-9-11(10-18)8-12-3-6-20-15(12)16-13(4-7-21-16)14-2-1-5-19-14/h1-8H. The first-order valence-electron chi connectivity index (χ1n) is 6.04. The van der Waals surface area contributed by atoms with Crippen LogP contribution < -0.4 is 0 Å². The molecule has 0 aromatic carbocycles. The van der Waals surface area contributed by atoms with Gasteiger partial charge in [0.25, 0.3) is 0 Å². The number of hydrogen-bond donors (Lipinski definition) is 0. The minimum absolute atomic E-state index is 0.129. The van der Waals surface area contributed by atoms with E-state index in [-0.39, 0.29) is 5.57 Å². The Hall–Kier alpha value is -2.18. The summed E-state index contributed by atoms with van der Waals surface area (Å²) >= 11 is 5.03. The SMILES string of the molecule is N#CC(C#N)=Cc1ccsc1-c1sccc1-c1cccs1. The van der Waals surface area contributed by atoms with E-state index in [9.17, 15) is 0 Å². The van der Waals surface area contributed by atoms with E-state index in [4.69, 9.17) is 10.5 Å². The summed E-state index contributed by atoms with van der Waals surface area (Å²) in [6.07, 6.45) is 1.66. The lowest BCUT2D eigenvalue weighted by atomic mass is 10.1. The molecule has 0 aliphatic rings. The van der Waals surface area contributed by atoms with E-state index >= 15 is 0 Å². The van der Waals surface area contributed by atoms with Crippen molar-refractivity contribution in [1.82, 2.24) is 0 Å². The van der Waals surface area contributed by atoms with Crippen LogP contribution in [0.4, 0.5) is 0 Å². The van der Waals surface area contributed by atoms with Crippen molar-refractivity contribution in [3.05, 3.63) is 51.5 Å². The summed E-state index contributed by atoms with van der Waals surface area (Å²) in [4.78, 5) is 3.53. The van der Waals surface area contributed by atoms with Crippen LogP contribution in [0.25, 0.3) is 26.3 Å². The largest absolute Gasteiger partial charge is 0.192 e. The lowest BCUT2D eigenvalue weighted by Crippen LogP contribution is -1.78. The highest BCUT2D eigenvalue weighted by atomic mass is 32.1. The normalized spacial score (nSPS) is 9.81. The number of rotatable bonds is 3. The van der Waals surface area contributed by atoms with Gasteiger partial charge in [0.2, 0.25) is 0 Å². The lowest BCUT2D eigenvalue weighted by Gasteiger charge is -2.01. The van der Waals surface area contributed by atoms with Crippen LogP contribution in [0, 0.1) is 22.7 Å². The number of hydrogen-bond acceptors (Lipinski definition) is 5. The molecular weight excluding hydrogens is 316 g/mol. The molecule has 0 fully saturated rings. The van der Waals surface area contributed by atoms with Crippen molar-refractivity contribution in [2.24, 2.45) is 0 Å². The Labute approximate surface area is 134 Å². The van der Waals surface area contributed by atoms with E-state index in [1.807, 2.05) is 29.7 Å². The predicted molar refractivity (Wildman–Crippen MR) is 90.1 cm³/mol. The van der Waals surface area contributed by atoms with Gasteiger partial charge < -0.3 is 0 Å². The number of nitrogens with zero attached hydrogens (tertiary/aromatic N) is 2. The van der Waals surface area contributed by atoms with Crippen LogP contribution in [-0.2, 0) is 0 Å². The Bertz CT molecular complexity index is 851. The van der Waals surface area contributed by atoms with Gasteiger partial charge in [0.1, 0.15) is 17.7 Å². The summed E-state index contributed by atoms with van der Waals surface area (Å²) in [6, 6.07) is 12.0. The van der Waals surface area contributed by atoms with Gasteiger partial charge in [-0.05, 0) is 46.0 Å². The molecule has 0 spiro atoms. The van der Waals surface area contributed by atoms with Crippen LogP contribution in [0.1, 0.15) is 5.56 Å². The zero-order valence-electron chi connectivity index (χ0n) is 10.7. The molecule has 3 rings (SSSR count). The van der Waals surface area contributed by atoms with Crippen LogP contribution in [0.15, 0.2) is 46.0 Å². The average Bonchev–Trinajstić information content (AvgIpc) is 3.22. The average molecular weight is 324 g/mol. The fourth-order valence-corrected chi connectivity index (χ4v) is 4.79. The first-order chi connectivity index (χ1) is 10.3. The molecule has 0 atom stereocenters. The smallest absolute Gasteiger partial charge is 0.130 e. The second-order valence-corrected chi connectivity index (χ2v) is 6.91. The second-order valence-electron chi connectivity index (χ2n) is 4.13. The molecule has 2 nitrogen and oxygen atoms in total. The van der Waals surface area contributed by atoms with Crippen molar-refractivity contribution >= 4 is 40.1 Å². The van der Waals surface area contributed by atoms with E-state index in [1.54, 1.807) is 40.1 Å². The summed E-state index contributed by atoms with van der Waals surface area (Å²) < 4.78 is 0. The molecule has 3 aromatic rings. The molecule has 0 radical (unpaired) electrons. The van der Waals surface area contributed by atoms with Gasteiger partial charge in [0.15, 0.2) is 0 Å². The molecular formula is C16H8N2S3. The first-order valence-corrected chi connectivity index (χ1v) is 8.68. The van der Waals surface area contributed by atoms with Gasteiger partial charge in [-0.1, -0.05) is 6.07 Å². The summed E-state index contributed by atoms with van der Waals surface area (Å²) in [5.41, 5.74) is 2.27. The fourth-order valence-electron chi connectivity index (χ4n) is 1.97. The van der Waals surface area contributed by atoms with Crippen molar-refractivity contribution in [2.75, 3.05) is 0 Å². The zero-order valence-corrected chi connectivity index (χ0v) is 13.2. The Morgan fingerprint density at radius 1 is 0.905 bits per heavy atom. The molecule has 0 saturated heterocycles. The van der Waals surface area contributed by atoms with Crippen LogP contribution in [0.3, 0.4) is 0 Å². The van der Waals surface area contributed by atoms with E-state index in [0.29, 0.717) is 0 Å². The molecule has 0 bridgehead atoms. The first kappa shape index (κ1) is 13.8. The third-order valence-corrected chi connectivity index (χ3v) is 5.81. The Kier molecular flexibility index (Phi) is 3.98. The molecule has 0 aliphatic heterocycles. The molecule has 21 heavy (non-hydrogen) atoms. The van der Waals surface area contributed by atoms with Crippen LogP contribution >= 0.6 is 34.0 Å². The third-order valence-electron chi connectivity index (χ3n) is 2.89. The van der Waals surface area contributed by atoms with Gasteiger partial charge in [0, 0.05) is 10.4 Å². The predicted octanol–water partition coefficient (Wildman–Crippen LogP) is 5.64. The highest BCUT2D eigenvalue weighted by Gasteiger charge is 2.14. The Morgan fingerprint density at radius 2 is 1.67 bits per heavy atom. The van der Waals surface area contributed by atoms with E-state index < -0.39 is 0 Å². The lowest BCUT2D eigenvalue weighted by molar-refractivity contribution is 1.47. The molecule has 5 heteroatoms. The number of allylic oxidation sites excluding steroid dienone is 1. The van der Waals surface area contributed by atoms with Gasteiger partial charge >= 0.3 is 0 Å². The van der Waals surface area contributed by atoms with Crippen molar-refractivity contribution in [2.45, 2.75) is 0 Å². The van der Waals surface area contributed by atoms with Gasteiger partial charge in [0.05, 0.1) is 9.75 Å². The molecule has 0 unspecified atom stereocenters. The van der Waals surface area contributed by atoms with E-state index in [2.05, 4.69) is 22.9 Å². The maximum atomic E-state index is 8.92. The molecule has 3 aromatic heterocycles. The maximum absolute atomic E-state index is 8.92. The van der Waals surface area contributed by atoms with Gasteiger partial charge in [-0.15, -0.1) is 34.0 Å². The maximum Gasteiger partial charge on any atom is 0.130 e. The van der Waals surface area contributed by atoms with Crippen molar-refractivity contribution < 1.29 is 0 Å². The van der Waals surface area contributed by atoms with Crippen molar-refractivity contribution in [3.63, 3.8) is 0 Å². The van der Waals surface area contributed by atoms with Crippen LogP contribution in [0.5, 0.6) is 0 Å². The number of thiophene rings is 3. The number of nitriles is 2. The topological polar surface area (TPSA) is 47.6 Å². The summed E-state index contributed by atoms with van der Waals surface area (Å²) in [5, 5.41) is 24.0. The summed E-state index contributed by atoms with van der Waals surface area (Å²) in [7, 11) is 0. The third kappa shape index (κ3) is 2.68. The van der Waals surface area contributed by atoms with Gasteiger partial charge in [-0.3, -0.25) is 0 Å². The Balaban J connectivity index is 2.11. The van der Waals surface area contributed by atoms with E-state index in [0.717, 1.165) is 10.4 Å². The fraction of sp³-hybridized carbons (Fsp3) is 0. The zero-order chi connectivity index (χ0) is 14.7. The van der Waals surface area contributed by atoms with Crippen molar-refractivity contribution in [3.8, 4) is 32.3 Å². The molecule has 100 valence electrons. The molecule has 0 N–H and O–H groups in total. The quantitative estimate of drug-likeness (QED) is 0.586. The van der Waals surface area contributed by atoms with E-state index in [1.165, 1.54) is 15.3 Å². The summed E-state index contributed by atoms with van der Waals surface area (Å²) in [5.74, 6) is 0. The summed E-state index contributed by atoms with van der Waals surface area (Å²) in [6.45, 7) is 0. The molecule has 0 saturated carbocycles. The minimum atomic E-state index is 0.129. The monoisotopic (exact) mass is 324 g/mol. The van der Waals surface area contributed by atoms with Crippen LogP contribution in [-0.4, -0.2) is 0 Å². The molecule has 0 aliphatic carbocycles. The molecule has 0 amide bonds. The highest BCUT2D eigenvalue weighted by molar-refractivity contribution is 7.21. The van der Waals surface area contributed by atoms with Crippen molar-refractivity contribution in [1.29, 1.82) is 10.5 Å². The second kappa shape index (κ2) is 6.07. The minimum Gasteiger partial charge on any atom is -0.192 e.